The van der Waals surface area contributed by atoms with Gasteiger partial charge in [0, 0.05) is 11.1 Å². The number of carbonyl (C=O) groups excluding carboxylic acids is 1. The number of ketones is 1. The summed E-state index contributed by atoms with van der Waals surface area (Å²) < 4.78 is 26.0. The Morgan fingerprint density at radius 2 is 1.61 bits per heavy atom. The van der Waals surface area contributed by atoms with Crippen molar-refractivity contribution >= 4 is 11.9 Å². The average Bonchev–Trinajstić information content (AvgIpc) is 2.38. The Kier molecular flexibility index (Phi) is 3.63. The van der Waals surface area contributed by atoms with Crippen LogP contribution in [0.2, 0.25) is 0 Å². The minimum atomic E-state index is -0.398. The molecule has 90 valence electrons. The summed E-state index contributed by atoms with van der Waals surface area (Å²) in [5, 5.41) is 0. The summed E-state index contributed by atoms with van der Waals surface area (Å²) in [6, 6.07) is 11.4. The maximum absolute atomic E-state index is 13.3. The Labute approximate surface area is 103 Å². The number of rotatable bonds is 3. The van der Waals surface area contributed by atoms with Gasteiger partial charge in [-0.05, 0) is 42.5 Å². The van der Waals surface area contributed by atoms with Gasteiger partial charge in [-0.3, -0.25) is 4.79 Å². The number of carbonyl (C=O) groups is 1. The molecule has 18 heavy (non-hydrogen) atoms. The van der Waals surface area contributed by atoms with Crippen molar-refractivity contribution in [3.8, 4) is 0 Å². The molecule has 0 spiro atoms. The maximum Gasteiger partial charge on any atom is 0.185 e. The first-order chi connectivity index (χ1) is 8.66. The predicted molar refractivity (Wildman–Crippen MR) is 66.2 cm³/mol. The molecule has 0 fully saturated rings. The van der Waals surface area contributed by atoms with Gasteiger partial charge in [0.1, 0.15) is 11.6 Å². The monoisotopic (exact) mass is 244 g/mol. The Balaban J connectivity index is 2.17. The first-order valence-electron chi connectivity index (χ1n) is 5.39. The number of hydrogen-bond donors (Lipinski definition) is 0. The van der Waals surface area contributed by atoms with Crippen LogP contribution in [0, 0.1) is 11.6 Å². The van der Waals surface area contributed by atoms with Crippen molar-refractivity contribution in [1.29, 1.82) is 0 Å². The fraction of sp³-hybridized carbons (Fsp3) is 0. The quantitative estimate of drug-likeness (QED) is 0.592. The molecule has 0 aromatic heterocycles. The van der Waals surface area contributed by atoms with E-state index in [0.29, 0.717) is 11.1 Å². The number of allylic oxidation sites excluding steroid dienone is 1. The molecule has 0 bridgehead atoms. The van der Waals surface area contributed by atoms with Crippen LogP contribution in [0.25, 0.3) is 6.08 Å². The van der Waals surface area contributed by atoms with Crippen LogP contribution in [0.15, 0.2) is 54.6 Å². The summed E-state index contributed by atoms with van der Waals surface area (Å²) in [7, 11) is 0. The van der Waals surface area contributed by atoms with E-state index >= 15 is 0 Å². The molecule has 0 aliphatic heterocycles. The topological polar surface area (TPSA) is 17.1 Å². The Morgan fingerprint density at radius 3 is 2.28 bits per heavy atom. The summed E-state index contributed by atoms with van der Waals surface area (Å²) in [5.41, 5.74) is 0.706. The lowest BCUT2D eigenvalue weighted by atomic mass is 10.1. The van der Waals surface area contributed by atoms with Crippen LogP contribution in [0.5, 0.6) is 0 Å². The molecule has 3 heteroatoms. The van der Waals surface area contributed by atoms with E-state index in [1.54, 1.807) is 18.2 Å². The fourth-order valence-electron chi connectivity index (χ4n) is 1.49. The first-order valence-corrected chi connectivity index (χ1v) is 5.39. The summed E-state index contributed by atoms with van der Waals surface area (Å²) in [6.45, 7) is 0. The lowest BCUT2D eigenvalue weighted by Crippen LogP contribution is -1.94. The Bertz CT molecular complexity index is 586. The molecule has 0 heterocycles. The standard InChI is InChI=1S/C15H10F2O/c16-13-8-5-12(6-9-13)15(18)10-7-11-3-1-2-4-14(11)17/h1-10H/b10-7+. The second kappa shape index (κ2) is 5.36. The van der Waals surface area contributed by atoms with Crippen molar-refractivity contribution in [3.63, 3.8) is 0 Å². The van der Waals surface area contributed by atoms with Gasteiger partial charge in [0.25, 0.3) is 0 Å². The van der Waals surface area contributed by atoms with Crippen LogP contribution in [0.4, 0.5) is 8.78 Å². The molecule has 0 saturated carbocycles. The molecule has 0 aliphatic carbocycles. The van der Waals surface area contributed by atoms with Crippen molar-refractivity contribution < 1.29 is 13.6 Å². The summed E-state index contributed by atoms with van der Waals surface area (Å²) in [4.78, 5) is 11.7. The molecule has 0 unspecified atom stereocenters. The van der Waals surface area contributed by atoms with Crippen molar-refractivity contribution in [2.75, 3.05) is 0 Å². The molecule has 0 saturated heterocycles. The van der Waals surface area contributed by atoms with E-state index in [1.165, 1.54) is 42.5 Å². The minimum absolute atomic E-state index is 0.293. The van der Waals surface area contributed by atoms with Crippen LogP contribution in [-0.2, 0) is 0 Å². The average molecular weight is 244 g/mol. The van der Waals surface area contributed by atoms with Crippen molar-refractivity contribution in [2.24, 2.45) is 0 Å². The third kappa shape index (κ3) is 2.88. The van der Waals surface area contributed by atoms with Gasteiger partial charge in [0.15, 0.2) is 5.78 Å². The van der Waals surface area contributed by atoms with Crippen LogP contribution >= 0.6 is 0 Å². The van der Waals surface area contributed by atoms with E-state index in [-0.39, 0.29) is 11.6 Å². The molecular weight excluding hydrogens is 234 g/mol. The number of halogens is 2. The highest BCUT2D eigenvalue weighted by molar-refractivity contribution is 6.06. The largest absolute Gasteiger partial charge is 0.289 e. The third-order valence-corrected chi connectivity index (χ3v) is 2.45. The minimum Gasteiger partial charge on any atom is -0.289 e. The van der Waals surface area contributed by atoms with E-state index in [0.717, 1.165) is 0 Å². The van der Waals surface area contributed by atoms with E-state index in [4.69, 9.17) is 0 Å². The lowest BCUT2D eigenvalue weighted by Gasteiger charge is -1.97. The number of hydrogen-bond acceptors (Lipinski definition) is 1. The van der Waals surface area contributed by atoms with E-state index < -0.39 is 5.82 Å². The highest BCUT2D eigenvalue weighted by Crippen LogP contribution is 2.10. The molecule has 0 amide bonds. The normalized spacial score (nSPS) is 10.8. The van der Waals surface area contributed by atoms with Gasteiger partial charge in [-0.1, -0.05) is 18.2 Å². The van der Waals surface area contributed by atoms with E-state index in [2.05, 4.69) is 0 Å². The molecule has 1 nitrogen and oxygen atoms in total. The van der Waals surface area contributed by atoms with E-state index in [9.17, 15) is 13.6 Å². The highest BCUT2D eigenvalue weighted by atomic mass is 19.1. The van der Waals surface area contributed by atoms with Gasteiger partial charge in [0.05, 0.1) is 0 Å². The maximum atomic E-state index is 13.3. The summed E-state index contributed by atoms with van der Waals surface area (Å²) in [5.74, 6) is -1.08. The van der Waals surface area contributed by atoms with Gasteiger partial charge >= 0.3 is 0 Å². The Hall–Kier alpha value is -2.29. The molecule has 2 aromatic rings. The summed E-state index contributed by atoms with van der Waals surface area (Å²) >= 11 is 0. The third-order valence-electron chi connectivity index (χ3n) is 2.45. The van der Waals surface area contributed by atoms with Crippen LogP contribution < -0.4 is 0 Å². The molecule has 0 aliphatic rings. The zero-order chi connectivity index (χ0) is 13.0. The number of benzene rings is 2. The van der Waals surface area contributed by atoms with Crippen molar-refractivity contribution in [3.05, 3.63) is 77.4 Å². The van der Waals surface area contributed by atoms with Crippen LogP contribution in [-0.4, -0.2) is 5.78 Å². The Morgan fingerprint density at radius 1 is 0.944 bits per heavy atom. The van der Waals surface area contributed by atoms with Crippen LogP contribution in [0.3, 0.4) is 0 Å². The lowest BCUT2D eigenvalue weighted by molar-refractivity contribution is 0.104. The fourth-order valence-corrected chi connectivity index (χ4v) is 1.49. The second-order valence-electron chi connectivity index (χ2n) is 3.73. The molecule has 0 N–H and O–H groups in total. The van der Waals surface area contributed by atoms with Gasteiger partial charge in [-0.2, -0.15) is 0 Å². The molecule has 2 aromatic carbocycles. The first kappa shape index (κ1) is 12.2. The van der Waals surface area contributed by atoms with Crippen LogP contribution in [0.1, 0.15) is 15.9 Å². The van der Waals surface area contributed by atoms with Gasteiger partial charge in [-0.15, -0.1) is 0 Å². The van der Waals surface area contributed by atoms with E-state index in [1.807, 2.05) is 0 Å². The SMILES string of the molecule is O=C(/C=C/c1ccccc1F)c1ccc(F)cc1. The highest BCUT2D eigenvalue weighted by Gasteiger charge is 2.02. The summed E-state index contributed by atoms with van der Waals surface area (Å²) in [6.07, 6.45) is 2.67. The smallest absolute Gasteiger partial charge is 0.185 e. The zero-order valence-corrected chi connectivity index (χ0v) is 9.44. The molecule has 2 rings (SSSR count). The van der Waals surface area contributed by atoms with Gasteiger partial charge in [-0.25, -0.2) is 8.78 Å². The van der Waals surface area contributed by atoms with Crippen molar-refractivity contribution in [2.45, 2.75) is 0 Å². The second-order valence-corrected chi connectivity index (χ2v) is 3.73. The molecule has 0 atom stereocenters. The molecular formula is C15H10F2O. The molecule has 0 radical (unpaired) electrons. The van der Waals surface area contributed by atoms with Gasteiger partial charge < -0.3 is 0 Å². The van der Waals surface area contributed by atoms with Crippen molar-refractivity contribution in [1.82, 2.24) is 0 Å². The predicted octanol–water partition coefficient (Wildman–Crippen LogP) is 3.86. The zero-order valence-electron chi connectivity index (χ0n) is 9.44. The van der Waals surface area contributed by atoms with Gasteiger partial charge in [0.2, 0.25) is 0 Å².